The Morgan fingerprint density at radius 3 is 1.82 bits per heavy atom. The summed E-state index contributed by atoms with van der Waals surface area (Å²) in [6, 6.07) is 20.3. The number of hydrogen-bond donors (Lipinski definition) is 5. The summed E-state index contributed by atoms with van der Waals surface area (Å²) in [4.78, 5) is 58.1. The fourth-order valence-electron chi connectivity index (χ4n) is 3.61. The summed E-state index contributed by atoms with van der Waals surface area (Å²) in [7, 11) is 0. The Morgan fingerprint density at radius 1 is 0.769 bits per heavy atom. The molecule has 0 aliphatic carbocycles. The van der Waals surface area contributed by atoms with Crippen LogP contribution in [0.3, 0.4) is 0 Å². The molecule has 13 nitrogen and oxygen atoms in total. The van der Waals surface area contributed by atoms with Crippen molar-refractivity contribution in [2.75, 3.05) is 42.9 Å². The average Bonchev–Trinajstić information content (AvgIpc) is 2.90. The number of piperazine rings is 1. The molecule has 3 aromatic rings. The second-order valence-corrected chi connectivity index (χ2v) is 8.20. The smallest absolute Gasteiger partial charge is 0.414 e. The van der Waals surface area contributed by atoms with E-state index in [-0.39, 0.29) is 5.91 Å². The molecule has 1 fully saturated rings. The Balaban J connectivity index is 0.000000374. The van der Waals surface area contributed by atoms with Gasteiger partial charge in [0.15, 0.2) is 0 Å². The van der Waals surface area contributed by atoms with Gasteiger partial charge in [0.2, 0.25) is 5.91 Å². The number of benzene rings is 2. The maximum absolute atomic E-state index is 12.6. The monoisotopic (exact) mass is 540 g/mol. The molecule has 1 aliphatic heterocycles. The lowest BCUT2D eigenvalue weighted by Crippen LogP contribution is -2.48. The van der Waals surface area contributed by atoms with E-state index < -0.39 is 23.9 Å². The molecular formula is C26H28N4O9. The van der Waals surface area contributed by atoms with Crippen molar-refractivity contribution in [1.82, 2.24) is 9.88 Å². The largest absolute Gasteiger partial charge is 0.473 e. The number of nitrogens with zero attached hydrogens (tertiary/aromatic N) is 3. The number of anilines is 2. The van der Waals surface area contributed by atoms with Crippen molar-refractivity contribution in [3.8, 4) is 0 Å². The third-order valence-electron chi connectivity index (χ3n) is 5.35. The molecule has 1 amide bonds. The molecule has 0 bridgehead atoms. The van der Waals surface area contributed by atoms with Crippen LogP contribution in [0, 0.1) is 6.92 Å². The van der Waals surface area contributed by atoms with Crippen LogP contribution >= 0.6 is 0 Å². The van der Waals surface area contributed by atoms with Crippen molar-refractivity contribution in [2.45, 2.75) is 6.92 Å². The number of carbonyl (C=O) groups is 5. The lowest BCUT2D eigenvalue weighted by atomic mass is 10.1. The van der Waals surface area contributed by atoms with Crippen molar-refractivity contribution in [2.24, 2.45) is 0 Å². The van der Waals surface area contributed by atoms with E-state index in [1.165, 1.54) is 5.69 Å². The van der Waals surface area contributed by atoms with Crippen LogP contribution in [-0.2, 0) is 24.0 Å². The molecule has 0 spiro atoms. The topological polar surface area (TPSA) is 198 Å². The van der Waals surface area contributed by atoms with Crippen LogP contribution in [-0.4, -0.2) is 92.8 Å². The summed E-state index contributed by atoms with van der Waals surface area (Å²) in [6.07, 6.45) is 0. The number of hydrogen-bond acceptors (Lipinski definition) is 8. The van der Waals surface area contributed by atoms with Crippen LogP contribution < -0.4 is 10.2 Å². The number of pyridine rings is 1. The second-order valence-electron chi connectivity index (χ2n) is 8.20. The Bertz CT molecular complexity index is 1280. The van der Waals surface area contributed by atoms with E-state index in [4.69, 9.17) is 39.6 Å². The molecule has 2 heterocycles. The van der Waals surface area contributed by atoms with E-state index in [0.29, 0.717) is 6.54 Å². The van der Waals surface area contributed by atoms with E-state index in [9.17, 15) is 4.79 Å². The second kappa shape index (κ2) is 14.6. The summed E-state index contributed by atoms with van der Waals surface area (Å²) in [5, 5.41) is 33.6. The summed E-state index contributed by atoms with van der Waals surface area (Å²) < 4.78 is 0. The third kappa shape index (κ3) is 10.1. The highest BCUT2D eigenvalue weighted by molar-refractivity contribution is 6.27. The van der Waals surface area contributed by atoms with E-state index in [1.54, 1.807) is 0 Å². The van der Waals surface area contributed by atoms with Crippen LogP contribution in [0.1, 0.15) is 5.69 Å². The molecule has 4 rings (SSSR count). The first-order chi connectivity index (χ1) is 18.5. The summed E-state index contributed by atoms with van der Waals surface area (Å²) in [6.45, 7) is 6.02. The lowest BCUT2D eigenvalue weighted by Gasteiger charge is -2.35. The molecular weight excluding hydrogens is 512 g/mol. The van der Waals surface area contributed by atoms with E-state index >= 15 is 0 Å². The fraction of sp³-hybridized carbons (Fsp3) is 0.231. The number of amides is 1. The SMILES string of the molecule is Cc1cc(NC(=O)CN2CCN(c3ccccc3)CC2)c2ccccc2n1.O=C(O)C(=O)O.O=C(O)C(=O)O. The first-order valence-corrected chi connectivity index (χ1v) is 11.6. The van der Waals surface area contributed by atoms with Gasteiger partial charge >= 0.3 is 23.9 Å². The highest BCUT2D eigenvalue weighted by atomic mass is 16.4. The van der Waals surface area contributed by atoms with Gasteiger partial charge in [-0.3, -0.25) is 14.7 Å². The lowest BCUT2D eigenvalue weighted by molar-refractivity contribution is -0.159. The first-order valence-electron chi connectivity index (χ1n) is 11.6. The highest BCUT2D eigenvalue weighted by Gasteiger charge is 2.19. The van der Waals surface area contributed by atoms with Gasteiger partial charge in [-0.2, -0.15) is 0 Å². The number of carboxylic acid groups (broad SMARTS) is 4. The minimum absolute atomic E-state index is 0.0268. The molecule has 39 heavy (non-hydrogen) atoms. The predicted molar refractivity (Wildman–Crippen MR) is 141 cm³/mol. The maximum Gasteiger partial charge on any atom is 0.414 e. The molecule has 0 radical (unpaired) electrons. The van der Waals surface area contributed by atoms with Gasteiger partial charge in [0.25, 0.3) is 0 Å². The summed E-state index contributed by atoms with van der Waals surface area (Å²) in [5.41, 5.74) is 3.90. The zero-order chi connectivity index (χ0) is 28.9. The number of carboxylic acids is 4. The molecule has 206 valence electrons. The van der Waals surface area contributed by atoms with Gasteiger partial charge in [-0.1, -0.05) is 36.4 Å². The maximum atomic E-state index is 12.6. The van der Waals surface area contributed by atoms with Crippen LogP contribution in [0.4, 0.5) is 11.4 Å². The van der Waals surface area contributed by atoms with Crippen LogP contribution in [0.25, 0.3) is 10.9 Å². The number of para-hydroxylation sites is 2. The standard InChI is InChI=1S/C22H24N4O.2C2H2O4/c1-17-15-21(19-9-5-6-10-20(19)23-17)24-22(27)16-25-11-13-26(14-12-25)18-7-3-2-4-8-18;2*3-1(4)2(5)6/h2-10,15H,11-14,16H2,1H3,(H,23,24,27);2*(H,3,4)(H,5,6). The number of aliphatic carboxylic acids is 4. The molecule has 0 unspecified atom stereocenters. The Morgan fingerprint density at radius 2 is 1.28 bits per heavy atom. The molecule has 1 aliphatic rings. The Labute approximate surface area is 222 Å². The number of aromatic nitrogens is 1. The fourth-order valence-corrected chi connectivity index (χ4v) is 3.61. The van der Waals surface area contributed by atoms with E-state index in [1.807, 2.05) is 43.3 Å². The summed E-state index contributed by atoms with van der Waals surface area (Å²) in [5.74, 6) is -7.27. The number of aryl methyl sites for hydroxylation is 1. The number of nitrogens with one attached hydrogen (secondary N) is 1. The minimum Gasteiger partial charge on any atom is -0.473 e. The van der Waals surface area contributed by atoms with Gasteiger partial charge < -0.3 is 30.6 Å². The normalized spacial score (nSPS) is 12.7. The van der Waals surface area contributed by atoms with Crippen molar-refractivity contribution in [3.63, 3.8) is 0 Å². The quantitative estimate of drug-likeness (QED) is 0.300. The Hall–Kier alpha value is -5.04. The van der Waals surface area contributed by atoms with Gasteiger partial charge in [-0.15, -0.1) is 0 Å². The van der Waals surface area contributed by atoms with Crippen molar-refractivity contribution >= 4 is 52.1 Å². The van der Waals surface area contributed by atoms with Crippen LogP contribution in [0.15, 0.2) is 60.7 Å². The Kier molecular flexibility index (Phi) is 11.3. The predicted octanol–water partition coefficient (Wildman–Crippen LogP) is 1.62. The summed E-state index contributed by atoms with van der Waals surface area (Å²) >= 11 is 0. The molecule has 2 aromatic carbocycles. The average molecular weight is 541 g/mol. The number of rotatable bonds is 4. The van der Waals surface area contributed by atoms with Crippen LogP contribution in [0.5, 0.6) is 0 Å². The van der Waals surface area contributed by atoms with Gasteiger partial charge in [-0.05, 0) is 31.2 Å². The molecule has 13 heteroatoms. The van der Waals surface area contributed by atoms with Crippen molar-refractivity contribution < 1.29 is 44.4 Å². The van der Waals surface area contributed by atoms with Gasteiger partial charge in [0, 0.05) is 42.9 Å². The molecule has 0 saturated carbocycles. The molecule has 1 aromatic heterocycles. The number of fused-ring (bicyclic) bond motifs is 1. The zero-order valence-corrected chi connectivity index (χ0v) is 21.0. The van der Waals surface area contributed by atoms with Gasteiger partial charge in [-0.25, -0.2) is 19.2 Å². The third-order valence-corrected chi connectivity index (χ3v) is 5.35. The molecule has 0 atom stereocenters. The van der Waals surface area contributed by atoms with Crippen molar-refractivity contribution in [3.05, 3.63) is 66.4 Å². The van der Waals surface area contributed by atoms with E-state index in [2.05, 4.69) is 44.4 Å². The molecule has 1 saturated heterocycles. The van der Waals surface area contributed by atoms with Gasteiger partial charge in [0.05, 0.1) is 17.7 Å². The van der Waals surface area contributed by atoms with Gasteiger partial charge in [0.1, 0.15) is 0 Å². The first kappa shape index (κ1) is 30.2. The minimum atomic E-state index is -1.82. The van der Waals surface area contributed by atoms with Crippen molar-refractivity contribution in [1.29, 1.82) is 0 Å². The number of carbonyl (C=O) groups excluding carboxylic acids is 1. The van der Waals surface area contributed by atoms with Crippen LogP contribution in [0.2, 0.25) is 0 Å². The molecule has 5 N–H and O–H groups in total. The highest BCUT2D eigenvalue weighted by Crippen LogP contribution is 2.23. The zero-order valence-electron chi connectivity index (χ0n) is 21.0. The van der Waals surface area contributed by atoms with E-state index in [0.717, 1.165) is 48.5 Å².